The second kappa shape index (κ2) is 8.97. The lowest BCUT2D eigenvalue weighted by Crippen LogP contribution is -2.42. The summed E-state index contributed by atoms with van der Waals surface area (Å²) in [4.78, 5) is 28.0. The second-order valence-corrected chi connectivity index (χ2v) is 6.45. The maximum absolute atomic E-state index is 12.0. The van der Waals surface area contributed by atoms with Gasteiger partial charge in [-0.25, -0.2) is 4.79 Å². The Morgan fingerprint density at radius 1 is 1.45 bits per heavy atom. The molecule has 1 aromatic heterocycles. The highest BCUT2D eigenvalue weighted by molar-refractivity contribution is 7.20. The summed E-state index contributed by atoms with van der Waals surface area (Å²) in [5.74, 6) is -0.914. The first kappa shape index (κ1) is 18.7. The Morgan fingerprint density at radius 2 is 2.14 bits per heavy atom. The summed E-state index contributed by atoms with van der Waals surface area (Å²) >= 11 is 13.2. The first-order chi connectivity index (χ1) is 10.4. The fourth-order valence-corrected chi connectivity index (χ4v) is 3.23. The van der Waals surface area contributed by atoms with Crippen LogP contribution in [0.1, 0.15) is 25.8 Å². The van der Waals surface area contributed by atoms with Gasteiger partial charge in [-0.15, -0.1) is 11.3 Å². The maximum Gasteiger partial charge on any atom is 0.329 e. The number of oxime groups is 1. The molecule has 0 saturated carbocycles. The fraction of sp³-hybridized carbons (Fsp3) is 0.462. The number of hydrogen-bond acceptors (Lipinski definition) is 6. The van der Waals surface area contributed by atoms with Gasteiger partial charge in [-0.2, -0.15) is 0 Å². The number of esters is 1. The zero-order valence-corrected chi connectivity index (χ0v) is 14.6. The van der Waals surface area contributed by atoms with E-state index in [-0.39, 0.29) is 18.9 Å². The van der Waals surface area contributed by atoms with Gasteiger partial charge < -0.3 is 14.9 Å². The highest BCUT2D eigenvalue weighted by Crippen LogP contribution is 2.32. The van der Waals surface area contributed by atoms with Gasteiger partial charge in [0.25, 0.3) is 0 Å². The summed E-state index contributed by atoms with van der Waals surface area (Å²) in [6.07, 6.45) is 0.0685. The highest BCUT2D eigenvalue weighted by atomic mass is 35.5. The number of nitrogens with zero attached hydrogens (tertiary/aromatic N) is 1. The molecule has 0 bridgehead atoms. The third-order valence-electron chi connectivity index (χ3n) is 2.52. The van der Waals surface area contributed by atoms with E-state index in [2.05, 4.69) is 10.5 Å². The molecule has 0 saturated heterocycles. The van der Waals surface area contributed by atoms with Crippen LogP contribution < -0.4 is 5.32 Å². The molecule has 0 aliphatic heterocycles. The molecule has 0 fully saturated rings. The zero-order valence-electron chi connectivity index (χ0n) is 12.3. The van der Waals surface area contributed by atoms with Gasteiger partial charge in [0.2, 0.25) is 5.91 Å². The molecule has 22 heavy (non-hydrogen) atoms. The molecule has 0 aromatic carbocycles. The minimum atomic E-state index is -0.888. The van der Waals surface area contributed by atoms with Crippen molar-refractivity contribution in [2.45, 2.75) is 26.3 Å². The highest BCUT2D eigenvalue weighted by Gasteiger charge is 2.25. The average Bonchev–Trinajstić information content (AvgIpc) is 2.76. The molecule has 9 heteroatoms. The number of halogens is 2. The number of carbonyl (C=O) groups is 2. The summed E-state index contributed by atoms with van der Waals surface area (Å²) in [5.41, 5.74) is 0.945. The Balaban J connectivity index is 3.04. The van der Waals surface area contributed by atoms with Gasteiger partial charge in [0.05, 0.1) is 16.7 Å². The molecule has 0 spiro atoms. The summed E-state index contributed by atoms with van der Waals surface area (Å²) in [6.45, 7) is 3.20. The monoisotopic (exact) mass is 366 g/mol. The van der Waals surface area contributed by atoms with Crippen molar-refractivity contribution >= 4 is 52.1 Å². The Bertz CT molecular complexity index is 574. The first-order valence-corrected chi connectivity index (χ1v) is 7.95. The van der Waals surface area contributed by atoms with Crippen LogP contribution in [0, 0.1) is 0 Å². The van der Waals surface area contributed by atoms with Gasteiger partial charge >= 0.3 is 5.97 Å². The van der Waals surface area contributed by atoms with E-state index in [0.717, 1.165) is 0 Å². The topological polar surface area (TPSA) is 77.0 Å². The third-order valence-corrected chi connectivity index (χ3v) is 4.00. The lowest BCUT2D eigenvalue weighted by atomic mass is 10.1. The van der Waals surface area contributed by atoms with Gasteiger partial charge in [-0.1, -0.05) is 28.4 Å². The van der Waals surface area contributed by atoms with Crippen LogP contribution in [0.4, 0.5) is 0 Å². The second-order valence-electron chi connectivity index (χ2n) is 4.17. The van der Waals surface area contributed by atoms with Crippen LogP contribution in [0.5, 0.6) is 0 Å². The summed E-state index contributed by atoms with van der Waals surface area (Å²) < 4.78 is 5.85. The van der Waals surface area contributed by atoms with E-state index in [1.807, 2.05) is 0 Å². The van der Waals surface area contributed by atoms with Crippen LogP contribution >= 0.6 is 34.5 Å². The molecular weight excluding hydrogens is 351 g/mol. The first-order valence-electron chi connectivity index (χ1n) is 6.38. The Kier molecular flexibility index (Phi) is 7.64. The number of hydrogen-bond donors (Lipinski definition) is 1. The molecular formula is C13H16Cl2N2O4S. The smallest absolute Gasteiger partial charge is 0.329 e. The number of ether oxygens (including phenoxy) is 1. The number of nitrogens with one attached hydrogen (secondary N) is 1. The minimum absolute atomic E-state index is 0.0685. The van der Waals surface area contributed by atoms with Crippen LogP contribution in [0.25, 0.3) is 0 Å². The predicted molar refractivity (Wildman–Crippen MR) is 86.7 cm³/mol. The lowest BCUT2D eigenvalue weighted by Gasteiger charge is -2.17. The minimum Gasteiger partial charge on any atom is -0.464 e. The Morgan fingerprint density at radius 3 is 2.59 bits per heavy atom. The molecule has 1 aromatic rings. The molecule has 0 aliphatic rings. The molecule has 1 rings (SSSR count). The predicted octanol–water partition coefficient (Wildman–Crippen LogP) is 2.86. The molecule has 1 N–H and O–H groups in total. The molecule has 1 unspecified atom stereocenters. The van der Waals surface area contributed by atoms with Gasteiger partial charge in [-0.3, -0.25) is 4.79 Å². The number of thiophene rings is 1. The molecule has 0 radical (unpaired) electrons. The van der Waals surface area contributed by atoms with E-state index >= 15 is 0 Å². The molecule has 122 valence electrons. The quantitative estimate of drug-likeness (QED) is 0.457. The largest absolute Gasteiger partial charge is 0.464 e. The number of amides is 1. The van der Waals surface area contributed by atoms with Gasteiger partial charge in [0, 0.05) is 18.9 Å². The molecule has 1 heterocycles. The normalized spacial score (nSPS) is 12.7. The summed E-state index contributed by atoms with van der Waals surface area (Å²) in [7, 11) is 1.37. The van der Waals surface area contributed by atoms with Crippen molar-refractivity contribution in [2.24, 2.45) is 5.16 Å². The maximum atomic E-state index is 12.0. The Hall–Kier alpha value is -1.31. The van der Waals surface area contributed by atoms with Crippen molar-refractivity contribution in [1.29, 1.82) is 0 Å². The third kappa shape index (κ3) is 5.47. The van der Waals surface area contributed by atoms with Crippen molar-refractivity contribution in [2.75, 3.05) is 13.7 Å². The van der Waals surface area contributed by atoms with Gasteiger partial charge in [0.15, 0.2) is 0 Å². The van der Waals surface area contributed by atoms with E-state index in [1.165, 1.54) is 25.4 Å². The van der Waals surface area contributed by atoms with Gasteiger partial charge in [0.1, 0.15) is 17.5 Å². The van der Waals surface area contributed by atoms with Crippen LogP contribution in [0.15, 0.2) is 11.2 Å². The van der Waals surface area contributed by atoms with E-state index in [0.29, 0.717) is 19.9 Å². The summed E-state index contributed by atoms with van der Waals surface area (Å²) in [6, 6.07) is 0.739. The van der Waals surface area contributed by atoms with Crippen molar-refractivity contribution in [3.63, 3.8) is 0 Å². The van der Waals surface area contributed by atoms with Crippen LogP contribution in [0.3, 0.4) is 0 Å². The van der Waals surface area contributed by atoms with Gasteiger partial charge in [-0.05, 0) is 13.0 Å². The van der Waals surface area contributed by atoms with Crippen molar-refractivity contribution in [3.8, 4) is 0 Å². The summed E-state index contributed by atoms with van der Waals surface area (Å²) in [5, 5.41) is 6.41. The van der Waals surface area contributed by atoms with Crippen molar-refractivity contribution in [1.82, 2.24) is 5.32 Å². The van der Waals surface area contributed by atoms with E-state index in [1.54, 1.807) is 13.0 Å². The molecule has 1 amide bonds. The molecule has 6 nitrogen and oxygen atoms in total. The van der Waals surface area contributed by atoms with E-state index in [4.69, 9.17) is 32.8 Å². The zero-order chi connectivity index (χ0) is 16.7. The SMILES string of the molecule is CCOC(=O)C(C/C(=N/OC)c1cc(Cl)sc1Cl)NC(C)=O. The molecule has 0 aliphatic carbocycles. The van der Waals surface area contributed by atoms with Crippen molar-refractivity contribution < 1.29 is 19.2 Å². The average molecular weight is 367 g/mol. The standard InChI is InChI=1S/C13H16Cl2N2O4S/c1-4-21-13(19)10(16-7(2)18)6-9(17-20-3)8-5-11(14)22-12(8)15/h5,10H,4,6H2,1-3H3,(H,16,18)/b17-9-. The Labute approximate surface area is 142 Å². The van der Waals surface area contributed by atoms with Crippen LogP contribution in [0.2, 0.25) is 8.67 Å². The van der Waals surface area contributed by atoms with Crippen LogP contribution in [-0.4, -0.2) is 37.3 Å². The van der Waals surface area contributed by atoms with E-state index < -0.39 is 12.0 Å². The number of carbonyl (C=O) groups excluding carboxylic acids is 2. The molecule has 1 atom stereocenters. The van der Waals surface area contributed by atoms with E-state index in [9.17, 15) is 9.59 Å². The van der Waals surface area contributed by atoms with Crippen molar-refractivity contribution in [3.05, 3.63) is 20.3 Å². The number of rotatable bonds is 7. The fourth-order valence-electron chi connectivity index (χ4n) is 1.72. The van der Waals surface area contributed by atoms with Crippen LogP contribution in [-0.2, 0) is 19.2 Å². The lowest BCUT2D eigenvalue weighted by molar-refractivity contribution is -0.147.